The van der Waals surface area contributed by atoms with Gasteiger partial charge in [-0.25, -0.2) is 9.97 Å². The maximum atomic E-state index is 4.87. The van der Waals surface area contributed by atoms with Crippen LogP contribution in [-0.2, 0) is 0 Å². The van der Waals surface area contributed by atoms with Gasteiger partial charge in [-0.3, -0.25) is 4.40 Å². The first-order chi connectivity index (χ1) is 11.4. The van der Waals surface area contributed by atoms with Crippen LogP contribution in [0, 0.1) is 0 Å². The summed E-state index contributed by atoms with van der Waals surface area (Å²) in [6.07, 6.45) is 3.82. The molecule has 2 heterocycles. The number of fused-ring (bicyclic) bond motifs is 4. The molecule has 108 valence electrons. The number of imidazole rings is 1. The van der Waals surface area contributed by atoms with Crippen LogP contribution in [0.2, 0.25) is 0 Å². The van der Waals surface area contributed by atoms with E-state index in [1.54, 1.807) is 0 Å². The Morgan fingerprint density at radius 3 is 2.57 bits per heavy atom. The molecule has 5 rings (SSSR count). The third-order valence-corrected chi connectivity index (χ3v) is 4.25. The molecular formula is C20H13N3. The summed E-state index contributed by atoms with van der Waals surface area (Å²) < 4.78 is 2.10. The summed E-state index contributed by atoms with van der Waals surface area (Å²) in [5.74, 6) is 0. The molecule has 3 heteroatoms. The first kappa shape index (κ1) is 12.4. The second-order valence-corrected chi connectivity index (χ2v) is 5.63. The summed E-state index contributed by atoms with van der Waals surface area (Å²) in [5.41, 5.74) is 4.94. The van der Waals surface area contributed by atoms with Crippen LogP contribution in [0.3, 0.4) is 0 Å². The van der Waals surface area contributed by atoms with E-state index >= 15 is 0 Å². The monoisotopic (exact) mass is 295 g/mol. The Morgan fingerprint density at radius 1 is 0.783 bits per heavy atom. The summed E-state index contributed by atoms with van der Waals surface area (Å²) in [5, 5.41) is 2.45. The van der Waals surface area contributed by atoms with Gasteiger partial charge in [-0.15, -0.1) is 0 Å². The number of para-hydroxylation sites is 2. The Balaban J connectivity index is 1.87. The molecule has 23 heavy (non-hydrogen) atoms. The van der Waals surface area contributed by atoms with Crippen molar-refractivity contribution in [1.29, 1.82) is 0 Å². The van der Waals surface area contributed by atoms with Gasteiger partial charge in [-0.2, -0.15) is 0 Å². The van der Waals surface area contributed by atoms with Crippen molar-refractivity contribution in [3.05, 3.63) is 79.1 Å². The fourth-order valence-corrected chi connectivity index (χ4v) is 3.14. The van der Waals surface area contributed by atoms with Crippen LogP contribution < -0.4 is 0 Å². The minimum Gasteiger partial charge on any atom is -0.296 e. The summed E-state index contributed by atoms with van der Waals surface area (Å²) >= 11 is 0. The molecule has 0 N–H and O–H groups in total. The van der Waals surface area contributed by atoms with Crippen molar-refractivity contribution in [2.24, 2.45) is 0 Å². The molecular weight excluding hydrogens is 282 g/mol. The number of hydrogen-bond donors (Lipinski definition) is 0. The molecule has 0 aliphatic heterocycles. The number of rotatable bonds is 1. The van der Waals surface area contributed by atoms with Crippen LogP contribution in [0.25, 0.3) is 38.7 Å². The molecule has 0 spiro atoms. The largest absolute Gasteiger partial charge is 0.296 e. The number of nitrogens with zero attached hydrogens (tertiary/aromatic N) is 3. The minimum absolute atomic E-state index is 0.888. The highest BCUT2D eigenvalue weighted by Crippen LogP contribution is 2.28. The van der Waals surface area contributed by atoms with Crippen molar-refractivity contribution in [3.8, 4) is 11.3 Å². The average Bonchev–Trinajstić information content (AvgIpc) is 3.11. The summed E-state index contributed by atoms with van der Waals surface area (Å²) in [4.78, 5) is 9.40. The molecule has 0 unspecified atom stereocenters. The van der Waals surface area contributed by atoms with Gasteiger partial charge < -0.3 is 0 Å². The van der Waals surface area contributed by atoms with E-state index in [1.807, 2.05) is 30.6 Å². The van der Waals surface area contributed by atoms with Gasteiger partial charge in [0.1, 0.15) is 5.69 Å². The Kier molecular flexibility index (Phi) is 2.50. The Hall–Kier alpha value is -3.20. The maximum absolute atomic E-state index is 4.87. The van der Waals surface area contributed by atoms with Crippen molar-refractivity contribution in [2.75, 3.05) is 0 Å². The van der Waals surface area contributed by atoms with Crippen LogP contribution >= 0.6 is 0 Å². The predicted molar refractivity (Wildman–Crippen MR) is 93.4 cm³/mol. The van der Waals surface area contributed by atoms with Gasteiger partial charge in [0.25, 0.3) is 0 Å². The fourth-order valence-electron chi connectivity index (χ4n) is 3.14. The fraction of sp³-hybridized carbons (Fsp3) is 0. The Bertz CT molecular complexity index is 1170. The Labute approximate surface area is 132 Å². The first-order valence-electron chi connectivity index (χ1n) is 7.61. The second-order valence-electron chi connectivity index (χ2n) is 5.63. The number of hydrogen-bond acceptors (Lipinski definition) is 2. The average molecular weight is 295 g/mol. The lowest BCUT2D eigenvalue weighted by atomic mass is 10.0. The normalized spacial score (nSPS) is 11.5. The van der Waals surface area contributed by atoms with Crippen LogP contribution in [0.15, 0.2) is 79.1 Å². The van der Waals surface area contributed by atoms with Gasteiger partial charge in [0.05, 0.1) is 11.0 Å². The minimum atomic E-state index is 0.888. The molecule has 3 nitrogen and oxygen atoms in total. The van der Waals surface area contributed by atoms with Crippen molar-refractivity contribution >= 4 is 27.5 Å². The molecule has 5 aromatic rings. The molecule has 0 atom stereocenters. The molecule has 0 radical (unpaired) electrons. The topological polar surface area (TPSA) is 30.2 Å². The third-order valence-electron chi connectivity index (χ3n) is 4.25. The van der Waals surface area contributed by atoms with Gasteiger partial charge in [-0.05, 0) is 29.0 Å². The van der Waals surface area contributed by atoms with E-state index in [-0.39, 0.29) is 0 Å². The van der Waals surface area contributed by atoms with Crippen molar-refractivity contribution in [2.45, 2.75) is 0 Å². The van der Waals surface area contributed by atoms with Crippen LogP contribution in [0.1, 0.15) is 0 Å². The van der Waals surface area contributed by atoms with Crippen molar-refractivity contribution in [3.63, 3.8) is 0 Å². The molecule has 0 saturated heterocycles. The van der Waals surface area contributed by atoms with Crippen LogP contribution in [-0.4, -0.2) is 14.4 Å². The predicted octanol–water partition coefficient (Wildman–Crippen LogP) is 4.70. The molecule has 0 fully saturated rings. The molecule has 0 aliphatic rings. The van der Waals surface area contributed by atoms with Gasteiger partial charge >= 0.3 is 0 Å². The summed E-state index contributed by atoms with van der Waals surface area (Å²) in [6, 6.07) is 23.0. The zero-order valence-electron chi connectivity index (χ0n) is 12.3. The number of aromatic nitrogens is 3. The highest BCUT2D eigenvalue weighted by Gasteiger charge is 2.11. The quantitative estimate of drug-likeness (QED) is 0.448. The van der Waals surface area contributed by atoms with Crippen molar-refractivity contribution < 1.29 is 0 Å². The molecule has 0 saturated carbocycles. The van der Waals surface area contributed by atoms with Gasteiger partial charge in [0, 0.05) is 18.0 Å². The molecule has 3 aromatic carbocycles. The van der Waals surface area contributed by atoms with Gasteiger partial charge in [-0.1, -0.05) is 48.5 Å². The van der Waals surface area contributed by atoms with E-state index in [0.717, 1.165) is 27.9 Å². The SMILES string of the molecule is c1ccc2cc(-c3nc4ccccc4n4ccnc34)ccc2c1. The zero-order chi connectivity index (χ0) is 15.2. The van der Waals surface area contributed by atoms with Crippen LogP contribution in [0.5, 0.6) is 0 Å². The molecule has 0 bridgehead atoms. The van der Waals surface area contributed by atoms with E-state index in [9.17, 15) is 0 Å². The summed E-state index contributed by atoms with van der Waals surface area (Å²) in [7, 11) is 0. The van der Waals surface area contributed by atoms with E-state index in [0.29, 0.717) is 0 Å². The van der Waals surface area contributed by atoms with Gasteiger partial charge in [0.15, 0.2) is 5.65 Å². The van der Waals surface area contributed by atoms with Crippen molar-refractivity contribution in [1.82, 2.24) is 14.4 Å². The van der Waals surface area contributed by atoms with E-state index < -0.39 is 0 Å². The molecule has 0 aliphatic carbocycles. The van der Waals surface area contributed by atoms with Crippen LogP contribution in [0.4, 0.5) is 0 Å². The lowest BCUT2D eigenvalue weighted by molar-refractivity contribution is 1.21. The third kappa shape index (κ3) is 1.83. The van der Waals surface area contributed by atoms with E-state index in [1.165, 1.54) is 10.8 Å². The lowest BCUT2D eigenvalue weighted by Crippen LogP contribution is -1.95. The molecule has 0 amide bonds. The maximum Gasteiger partial charge on any atom is 0.163 e. The highest BCUT2D eigenvalue weighted by molar-refractivity contribution is 5.91. The molecule has 2 aromatic heterocycles. The zero-order valence-corrected chi connectivity index (χ0v) is 12.3. The number of benzene rings is 3. The Morgan fingerprint density at radius 2 is 1.61 bits per heavy atom. The van der Waals surface area contributed by atoms with E-state index in [2.05, 4.69) is 57.9 Å². The summed E-state index contributed by atoms with van der Waals surface area (Å²) in [6.45, 7) is 0. The standard InChI is InChI=1S/C20H13N3/c1-2-6-15-13-16(10-9-14(15)5-1)19-20-21-11-12-23(20)18-8-4-3-7-17(18)22-19/h1-13H. The first-order valence-corrected chi connectivity index (χ1v) is 7.61. The lowest BCUT2D eigenvalue weighted by Gasteiger charge is -2.08. The second kappa shape index (κ2) is 4.65. The van der Waals surface area contributed by atoms with Gasteiger partial charge in [0.2, 0.25) is 0 Å². The van der Waals surface area contributed by atoms with E-state index in [4.69, 9.17) is 4.98 Å². The highest BCUT2D eigenvalue weighted by atomic mass is 15.0. The smallest absolute Gasteiger partial charge is 0.163 e.